The molecule has 0 saturated carbocycles. The average Bonchev–Trinajstić information content (AvgIpc) is 3.30. The van der Waals surface area contributed by atoms with Crippen molar-refractivity contribution in [3.8, 4) is 11.5 Å². The first-order valence-electron chi connectivity index (χ1n) is 11.2. The lowest BCUT2D eigenvalue weighted by Gasteiger charge is -2.24. The van der Waals surface area contributed by atoms with Gasteiger partial charge >= 0.3 is 0 Å². The Morgan fingerprint density at radius 2 is 2.00 bits per heavy atom. The van der Waals surface area contributed by atoms with Gasteiger partial charge in [0.05, 0.1) is 31.5 Å². The van der Waals surface area contributed by atoms with E-state index in [-0.39, 0.29) is 11.9 Å². The van der Waals surface area contributed by atoms with Gasteiger partial charge in [0.1, 0.15) is 17.3 Å². The number of likely N-dealkylation sites (tertiary alicyclic amines) is 1. The molecule has 0 radical (unpaired) electrons. The quantitative estimate of drug-likeness (QED) is 0.562. The predicted octanol–water partition coefficient (Wildman–Crippen LogP) is 4.07. The van der Waals surface area contributed by atoms with Gasteiger partial charge in [-0.1, -0.05) is 30.3 Å². The summed E-state index contributed by atoms with van der Waals surface area (Å²) in [5.41, 5.74) is 3.30. The smallest absolute Gasteiger partial charge is 0.254 e. The Kier molecular flexibility index (Phi) is 7.19. The highest BCUT2D eigenvalue weighted by molar-refractivity contribution is 5.94. The van der Waals surface area contributed by atoms with Gasteiger partial charge in [-0.05, 0) is 50.1 Å². The fourth-order valence-electron chi connectivity index (χ4n) is 4.30. The normalized spacial score (nSPS) is 15.9. The molecule has 33 heavy (non-hydrogen) atoms. The zero-order valence-corrected chi connectivity index (χ0v) is 19.4. The second kappa shape index (κ2) is 10.4. The third-order valence-corrected chi connectivity index (χ3v) is 6.06. The van der Waals surface area contributed by atoms with Gasteiger partial charge in [0.15, 0.2) is 0 Å². The van der Waals surface area contributed by atoms with E-state index in [1.165, 1.54) is 5.56 Å². The van der Waals surface area contributed by atoms with Crippen LogP contribution in [0, 0.1) is 6.92 Å². The number of benzene rings is 2. The van der Waals surface area contributed by atoms with Crippen LogP contribution in [0.5, 0.6) is 11.5 Å². The molecule has 0 bridgehead atoms. The van der Waals surface area contributed by atoms with E-state index < -0.39 is 0 Å². The molecule has 1 aliphatic heterocycles. The fourth-order valence-corrected chi connectivity index (χ4v) is 4.30. The van der Waals surface area contributed by atoms with Gasteiger partial charge in [-0.15, -0.1) is 0 Å². The van der Waals surface area contributed by atoms with Crippen LogP contribution in [0.15, 0.2) is 54.7 Å². The maximum atomic E-state index is 12.8. The maximum Gasteiger partial charge on any atom is 0.254 e. The summed E-state index contributed by atoms with van der Waals surface area (Å²) in [6.45, 7) is 4.04. The largest absolute Gasteiger partial charge is 0.497 e. The number of carbonyl (C=O) groups is 1. The Morgan fingerprint density at radius 1 is 1.15 bits per heavy atom. The first-order valence-corrected chi connectivity index (χ1v) is 11.2. The number of para-hydroxylation sites is 1. The minimum atomic E-state index is -0.190. The molecule has 0 spiro atoms. The first-order chi connectivity index (χ1) is 16.1. The van der Waals surface area contributed by atoms with Gasteiger partial charge in [0.2, 0.25) is 0 Å². The second-order valence-electron chi connectivity index (χ2n) is 8.20. The number of aromatic nitrogens is 2. The van der Waals surface area contributed by atoms with Crippen molar-refractivity contribution in [2.45, 2.75) is 38.9 Å². The molecule has 1 fully saturated rings. The van der Waals surface area contributed by atoms with Crippen LogP contribution in [-0.2, 0) is 13.1 Å². The summed E-state index contributed by atoms with van der Waals surface area (Å²) in [7, 11) is 3.31. The zero-order chi connectivity index (χ0) is 23.2. The number of methoxy groups -OCH3 is 2. The Labute approximate surface area is 194 Å². The van der Waals surface area contributed by atoms with Gasteiger partial charge in [0, 0.05) is 24.8 Å². The van der Waals surface area contributed by atoms with Crippen molar-refractivity contribution in [1.82, 2.24) is 20.2 Å². The molecule has 7 nitrogen and oxygen atoms in total. The molecule has 2 aromatic carbocycles. The number of amides is 1. The molecule has 1 saturated heterocycles. The summed E-state index contributed by atoms with van der Waals surface area (Å²) >= 11 is 0. The van der Waals surface area contributed by atoms with Crippen LogP contribution < -0.4 is 14.8 Å². The lowest BCUT2D eigenvalue weighted by Crippen LogP contribution is -2.27. The highest BCUT2D eigenvalue weighted by atomic mass is 16.5. The van der Waals surface area contributed by atoms with E-state index in [4.69, 9.17) is 14.5 Å². The summed E-state index contributed by atoms with van der Waals surface area (Å²) in [5.74, 6) is 2.19. The number of ether oxygens (including phenoxy) is 2. The monoisotopic (exact) mass is 446 g/mol. The van der Waals surface area contributed by atoms with Crippen molar-refractivity contribution < 1.29 is 14.3 Å². The third kappa shape index (κ3) is 5.31. The number of nitrogens with zero attached hydrogens (tertiary/aromatic N) is 3. The van der Waals surface area contributed by atoms with Crippen LogP contribution >= 0.6 is 0 Å². The van der Waals surface area contributed by atoms with E-state index in [1.807, 2.05) is 43.3 Å². The van der Waals surface area contributed by atoms with E-state index in [0.29, 0.717) is 17.8 Å². The number of nitrogens with one attached hydrogen (secondary N) is 1. The van der Waals surface area contributed by atoms with Crippen molar-refractivity contribution >= 4 is 5.91 Å². The van der Waals surface area contributed by atoms with Crippen LogP contribution in [0.3, 0.4) is 0 Å². The topological polar surface area (TPSA) is 76.6 Å². The van der Waals surface area contributed by atoms with Gasteiger partial charge in [-0.2, -0.15) is 0 Å². The highest BCUT2D eigenvalue weighted by Crippen LogP contribution is 2.32. The van der Waals surface area contributed by atoms with Gasteiger partial charge in [-0.3, -0.25) is 9.69 Å². The molecule has 3 aromatic rings. The second-order valence-corrected chi connectivity index (χ2v) is 8.20. The van der Waals surface area contributed by atoms with Crippen LogP contribution in [0.25, 0.3) is 0 Å². The molecule has 4 rings (SSSR count). The molecule has 1 aromatic heterocycles. The Morgan fingerprint density at radius 3 is 2.79 bits per heavy atom. The predicted molar refractivity (Wildman–Crippen MR) is 126 cm³/mol. The minimum Gasteiger partial charge on any atom is -0.497 e. The molecule has 1 aliphatic rings. The summed E-state index contributed by atoms with van der Waals surface area (Å²) in [6.07, 6.45) is 3.75. The molecule has 1 amide bonds. The number of aryl methyl sites for hydroxylation is 1. The lowest BCUT2D eigenvalue weighted by atomic mass is 10.1. The molecule has 2 heterocycles. The van der Waals surface area contributed by atoms with Crippen LogP contribution in [0.4, 0.5) is 0 Å². The van der Waals surface area contributed by atoms with Crippen molar-refractivity contribution in [3.05, 3.63) is 82.9 Å². The van der Waals surface area contributed by atoms with Crippen molar-refractivity contribution in [2.24, 2.45) is 0 Å². The minimum absolute atomic E-state index is 0.139. The van der Waals surface area contributed by atoms with E-state index in [1.54, 1.807) is 20.4 Å². The number of hydrogen-bond donors (Lipinski definition) is 1. The molecular formula is C26H30N4O3. The molecule has 1 N–H and O–H groups in total. The van der Waals surface area contributed by atoms with E-state index in [9.17, 15) is 4.79 Å². The molecular weight excluding hydrogens is 416 g/mol. The Balaban J connectivity index is 1.44. The van der Waals surface area contributed by atoms with E-state index >= 15 is 0 Å². The highest BCUT2D eigenvalue weighted by Gasteiger charge is 2.29. The van der Waals surface area contributed by atoms with Gasteiger partial charge in [-0.25, -0.2) is 9.97 Å². The van der Waals surface area contributed by atoms with Crippen LogP contribution in [0.2, 0.25) is 0 Å². The first kappa shape index (κ1) is 22.7. The summed E-state index contributed by atoms with van der Waals surface area (Å²) < 4.78 is 10.7. The SMILES string of the molecule is COc1cccc(CN2CCCC2c2ncc(C(=O)NCc3ccccc3OC)c(C)n2)c1. The molecule has 0 aliphatic carbocycles. The van der Waals surface area contributed by atoms with E-state index in [0.717, 1.165) is 48.8 Å². The number of rotatable bonds is 8. The van der Waals surface area contributed by atoms with E-state index in [2.05, 4.69) is 27.3 Å². The molecule has 172 valence electrons. The number of hydrogen-bond acceptors (Lipinski definition) is 6. The summed E-state index contributed by atoms with van der Waals surface area (Å²) in [4.78, 5) is 24.5. The lowest BCUT2D eigenvalue weighted by molar-refractivity contribution is 0.0949. The summed E-state index contributed by atoms with van der Waals surface area (Å²) in [6, 6.07) is 15.9. The van der Waals surface area contributed by atoms with Gasteiger partial charge < -0.3 is 14.8 Å². The van der Waals surface area contributed by atoms with Crippen molar-refractivity contribution in [1.29, 1.82) is 0 Å². The summed E-state index contributed by atoms with van der Waals surface area (Å²) in [5, 5.41) is 2.95. The van der Waals surface area contributed by atoms with Crippen molar-refractivity contribution in [2.75, 3.05) is 20.8 Å². The zero-order valence-electron chi connectivity index (χ0n) is 19.4. The molecule has 1 atom stereocenters. The standard InChI is InChI=1S/C26H30N4O3/c1-18-22(26(31)28-15-20-9-4-5-12-24(20)33-3)16-27-25(29-18)23-11-7-13-30(23)17-19-8-6-10-21(14-19)32-2/h4-6,8-10,12,14,16,23H,7,11,13,15,17H2,1-3H3,(H,28,31). The Bertz CT molecular complexity index is 1120. The number of carbonyl (C=O) groups excluding carboxylic acids is 1. The average molecular weight is 447 g/mol. The van der Waals surface area contributed by atoms with Crippen LogP contribution in [-0.4, -0.2) is 41.5 Å². The molecule has 7 heteroatoms. The fraction of sp³-hybridized carbons (Fsp3) is 0.346. The maximum absolute atomic E-state index is 12.8. The van der Waals surface area contributed by atoms with Crippen molar-refractivity contribution in [3.63, 3.8) is 0 Å². The Hall–Kier alpha value is -3.45. The van der Waals surface area contributed by atoms with Crippen LogP contribution in [0.1, 0.15) is 51.9 Å². The van der Waals surface area contributed by atoms with Gasteiger partial charge in [0.25, 0.3) is 5.91 Å². The molecule has 1 unspecified atom stereocenters. The third-order valence-electron chi connectivity index (χ3n) is 6.06.